The second-order valence-electron chi connectivity index (χ2n) is 5.55. The first-order chi connectivity index (χ1) is 9.85. The molecule has 1 aliphatic rings. The van der Waals surface area contributed by atoms with Crippen molar-refractivity contribution in [2.45, 2.75) is 55.9 Å². The first-order valence-corrected chi connectivity index (χ1v) is 8.70. The lowest BCUT2D eigenvalue weighted by molar-refractivity contribution is -0.140. The van der Waals surface area contributed by atoms with Crippen molar-refractivity contribution >= 4 is 16.0 Å². The topological polar surface area (TPSA) is 83.5 Å². The summed E-state index contributed by atoms with van der Waals surface area (Å²) in [7, 11) is -3.54. The molecule has 6 heteroatoms. The van der Waals surface area contributed by atoms with Crippen LogP contribution in [0.3, 0.4) is 0 Å². The fourth-order valence-electron chi connectivity index (χ4n) is 2.45. The van der Waals surface area contributed by atoms with Crippen LogP contribution < -0.4 is 4.72 Å². The highest BCUT2D eigenvalue weighted by Crippen LogP contribution is 2.48. The zero-order valence-corrected chi connectivity index (χ0v) is 13.1. The van der Waals surface area contributed by atoms with E-state index < -0.39 is 21.4 Å². The summed E-state index contributed by atoms with van der Waals surface area (Å²) in [6, 6.07) is 6.13. The second kappa shape index (κ2) is 5.77. The third kappa shape index (κ3) is 3.11. The van der Waals surface area contributed by atoms with Gasteiger partial charge in [0.1, 0.15) is 0 Å². The number of sulfonamides is 1. The maximum Gasteiger partial charge on any atom is 0.314 e. The van der Waals surface area contributed by atoms with Crippen LogP contribution in [-0.2, 0) is 20.2 Å². The lowest BCUT2D eigenvalue weighted by Gasteiger charge is -2.16. The smallest absolute Gasteiger partial charge is 0.314 e. The molecule has 1 aromatic carbocycles. The summed E-state index contributed by atoms with van der Waals surface area (Å²) in [6.07, 6.45) is 2.69. The van der Waals surface area contributed by atoms with Gasteiger partial charge in [0.05, 0.1) is 10.3 Å². The number of carbonyl (C=O) groups is 1. The van der Waals surface area contributed by atoms with Crippen molar-refractivity contribution < 1.29 is 18.3 Å². The molecular weight excluding hydrogens is 290 g/mol. The number of carboxylic acids is 1. The van der Waals surface area contributed by atoms with Crippen molar-refractivity contribution in [2.24, 2.45) is 0 Å². The average molecular weight is 311 g/mol. The van der Waals surface area contributed by atoms with Gasteiger partial charge < -0.3 is 5.11 Å². The number of aliphatic carboxylic acids is 1. The highest BCUT2D eigenvalue weighted by atomic mass is 32.2. The van der Waals surface area contributed by atoms with Gasteiger partial charge in [-0.3, -0.25) is 4.79 Å². The summed E-state index contributed by atoms with van der Waals surface area (Å²) in [5, 5.41) is 9.24. The molecule has 1 aliphatic carbocycles. The molecule has 5 nitrogen and oxygen atoms in total. The molecule has 0 bridgehead atoms. The monoisotopic (exact) mass is 311 g/mol. The van der Waals surface area contributed by atoms with E-state index in [2.05, 4.69) is 4.72 Å². The van der Waals surface area contributed by atoms with Gasteiger partial charge >= 0.3 is 5.97 Å². The van der Waals surface area contributed by atoms with Gasteiger partial charge in [-0.1, -0.05) is 26.0 Å². The molecule has 2 N–H and O–H groups in total. The van der Waals surface area contributed by atoms with Crippen molar-refractivity contribution in [3.05, 3.63) is 29.8 Å². The number of carboxylic acid groups (broad SMARTS) is 1. The highest BCUT2D eigenvalue weighted by molar-refractivity contribution is 7.89. The van der Waals surface area contributed by atoms with Gasteiger partial charge in [-0.05, 0) is 43.4 Å². The summed E-state index contributed by atoms with van der Waals surface area (Å²) in [6.45, 7) is 3.87. The van der Waals surface area contributed by atoms with Crippen LogP contribution in [0.2, 0.25) is 0 Å². The predicted molar refractivity (Wildman–Crippen MR) is 79.7 cm³/mol. The van der Waals surface area contributed by atoms with Crippen LogP contribution >= 0.6 is 0 Å². The molecule has 0 heterocycles. The largest absolute Gasteiger partial charge is 0.481 e. The molecule has 21 heavy (non-hydrogen) atoms. The first kappa shape index (κ1) is 16.0. The van der Waals surface area contributed by atoms with Gasteiger partial charge in [0.2, 0.25) is 10.0 Å². The van der Waals surface area contributed by atoms with E-state index in [1.54, 1.807) is 12.1 Å². The lowest BCUT2D eigenvalue weighted by Crippen LogP contribution is -2.33. The SMILES string of the molecule is CCC(CC)NS(=O)(=O)c1ccc(C2(C(=O)O)CC2)cc1. The second-order valence-corrected chi connectivity index (χ2v) is 7.26. The van der Waals surface area contributed by atoms with E-state index in [9.17, 15) is 18.3 Å². The first-order valence-electron chi connectivity index (χ1n) is 7.22. The molecule has 0 atom stereocenters. The van der Waals surface area contributed by atoms with Crippen molar-refractivity contribution in [2.75, 3.05) is 0 Å². The van der Waals surface area contributed by atoms with E-state index in [0.717, 1.165) is 12.8 Å². The summed E-state index contributed by atoms with van der Waals surface area (Å²) >= 11 is 0. The predicted octanol–water partition coefficient (Wildman–Crippen LogP) is 2.27. The number of nitrogens with one attached hydrogen (secondary N) is 1. The Kier molecular flexibility index (Phi) is 4.39. The maximum absolute atomic E-state index is 12.2. The molecule has 1 aromatic rings. The Labute approximate surface area is 125 Å². The Hall–Kier alpha value is -1.40. The Balaban J connectivity index is 2.21. The number of hydrogen-bond donors (Lipinski definition) is 2. The highest BCUT2D eigenvalue weighted by Gasteiger charge is 2.51. The molecule has 0 aromatic heterocycles. The zero-order chi connectivity index (χ0) is 15.7. The standard InChI is InChI=1S/C15H21NO4S/c1-3-12(4-2)16-21(19,20)13-7-5-11(6-8-13)15(9-10-15)14(17)18/h5-8,12,16H,3-4,9-10H2,1-2H3,(H,17,18). The van der Waals surface area contributed by atoms with E-state index in [0.29, 0.717) is 18.4 Å². The third-order valence-electron chi connectivity index (χ3n) is 4.18. The zero-order valence-electron chi connectivity index (χ0n) is 12.3. The molecule has 1 saturated carbocycles. The van der Waals surface area contributed by atoms with Gasteiger partial charge in [-0.25, -0.2) is 13.1 Å². The minimum Gasteiger partial charge on any atom is -0.481 e. The van der Waals surface area contributed by atoms with E-state index >= 15 is 0 Å². The minimum atomic E-state index is -3.54. The Morgan fingerprint density at radius 2 is 1.76 bits per heavy atom. The molecule has 0 radical (unpaired) electrons. The maximum atomic E-state index is 12.2. The molecule has 0 spiro atoms. The number of rotatable bonds is 7. The Bertz CT molecular complexity index is 614. The quantitative estimate of drug-likeness (QED) is 0.809. The van der Waals surface area contributed by atoms with E-state index in [4.69, 9.17) is 0 Å². The fraction of sp³-hybridized carbons (Fsp3) is 0.533. The molecule has 1 fully saturated rings. The normalized spacial score (nSPS) is 16.9. The molecule has 2 rings (SSSR count). The number of benzene rings is 1. The molecule has 0 saturated heterocycles. The molecule has 0 aliphatic heterocycles. The van der Waals surface area contributed by atoms with Gasteiger partial charge in [0.15, 0.2) is 0 Å². The van der Waals surface area contributed by atoms with E-state index in [1.807, 2.05) is 13.8 Å². The van der Waals surface area contributed by atoms with Crippen LogP contribution in [0.1, 0.15) is 45.1 Å². The van der Waals surface area contributed by atoms with Crippen LogP contribution in [0, 0.1) is 0 Å². The average Bonchev–Trinajstić information content (AvgIpc) is 3.26. The van der Waals surface area contributed by atoms with Gasteiger partial charge in [-0.2, -0.15) is 0 Å². The van der Waals surface area contributed by atoms with Gasteiger partial charge in [-0.15, -0.1) is 0 Å². The van der Waals surface area contributed by atoms with Crippen LogP contribution in [0.4, 0.5) is 0 Å². The minimum absolute atomic E-state index is 0.0801. The van der Waals surface area contributed by atoms with Crippen LogP contribution in [0.15, 0.2) is 29.2 Å². The third-order valence-corrected chi connectivity index (χ3v) is 5.72. The summed E-state index contributed by atoms with van der Waals surface area (Å²) in [5.41, 5.74) is -0.123. The van der Waals surface area contributed by atoms with Crippen molar-refractivity contribution in [1.82, 2.24) is 4.72 Å². The van der Waals surface area contributed by atoms with Crippen LogP contribution in [0.5, 0.6) is 0 Å². The summed E-state index contributed by atoms with van der Waals surface area (Å²) < 4.78 is 27.1. The lowest BCUT2D eigenvalue weighted by atomic mass is 9.96. The Morgan fingerprint density at radius 3 is 2.14 bits per heavy atom. The summed E-state index contributed by atoms with van der Waals surface area (Å²) in [4.78, 5) is 11.4. The molecule has 116 valence electrons. The molecule has 0 unspecified atom stereocenters. The fourth-order valence-corrected chi connectivity index (χ4v) is 3.85. The van der Waals surface area contributed by atoms with Crippen LogP contribution in [-0.4, -0.2) is 25.5 Å². The van der Waals surface area contributed by atoms with E-state index in [1.165, 1.54) is 12.1 Å². The summed E-state index contributed by atoms with van der Waals surface area (Å²) in [5.74, 6) is -0.840. The van der Waals surface area contributed by atoms with Crippen LogP contribution in [0.25, 0.3) is 0 Å². The van der Waals surface area contributed by atoms with Gasteiger partial charge in [0, 0.05) is 6.04 Å². The van der Waals surface area contributed by atoms with E-state index in [-0.39, 0.29) is 10.9 Å². The van der Waals surface area contributed by atoms with Crippen molar-refractivity contribution in [1.29, 1.82) is 0 Å². The molecular formula is C15H21NO4S. The Morgan fingerprint density at radius 1 is 1.24 bits per heavy atom. The van der Waals surface area contributed by atoms with Crippen molar-refractivity contribution in [3.63, 3.8) is 0 Å². The molecule has 0 amide bonds. The van der Waals surface area contributed by atoms with Crippen molar-refractivity contribution in [3.8, 4) is 0 Å². The number of hydrogen-bond acceptors (Lipinski definition) is 3. The van der Waals surface area contributed by atoms with Gasteiger partial charge in [0.25, 0.3) is 0 Å².